The molecule has 0 N–H and O–H groups in total. The minimum absolute atomic E-state index is 0.637. The summed E-state index contributed by atoms with van der Waals surface area (Å²) in [5.74, 6) is 1.80. The Labute approximate surface area is 824 Å². The van der Waals surface area contributed by atoms with E-state index in [0.717, 1.165) is 103 Å². The maximum Gasteiger partial charge on any atom is 0.126 e. The van der Waals surface area contributed by atoms with Crippen LogP contribution in [0.5, 0.6) is 11.5 Å². The van der Waals surface area contributed by atoms with Gasteiger partial charge < -0.3 is 29.1 Å². The zero-order valence-electron chi connectivity index (χ0n) is 82.5. The van der Waals surface area contributed by atoms with Crippen molar-refractivity contribution in [3.8, 4) is 56.0 Å². The summed E-state index contributed by atoms with van der Waals surface area (Å²) < 4.78 is 11.3. The molecule has 18 aromatic carbocycles. The smallest absolute Gasteiger partial charge is 0.126 e. The lowest BCUT2D eigenvalue weighted by molar-refractivity contribution is 0.339. The van der Waals surface area contributed by atoms with Gasteiger partial charge in [0.1, 0.15) is 11.5 Å². The average Bonchev–Trinajstić information content (AvgIpc) is 0.812. The van der Waals surface area contributed by atoms with Gasteiger partial charge in [-0.2, -0.15) is 0 Å². The molecule has 18 rings (SSSR count). The number of aryl methyl sites for hydroxylation is 12. The van der Waals surface area contributed by atoms with Crippen LogP contribution in [0.2, 0.25) is 0 Å². The molecule has 0 spiro atoms. The Bertz CT molecular complexity index is 7410. The van der Waals surface area contributed by atoms with Crippen molar-refractivity contribution in [2.75, 3.05) is 33.3 Å². The lowest BCUT2D eigenvalue weighted by Gasteiger charge is -2.29. The molecule has 18 aromatic rings. The second-order valence-corrected chi connectivity index (χ2v) is 36.2. The van der Waals surface area contributed by atoms with Gasteiger partial charge in [0, 0.05) is 62.4 Å². The van der Waals surface area contributed by atoms with Crippen molar-refractivity contribution in [3.63, 3.8) is 0 Å². The fourth-order valence-electron chi connectivity index (χ4n) is 18.6. The van der Waals surface area contributed by atoms with Gasteiger partial charge in [-0.05, 0) is 355 Å². The molecule has 0 aliphatic heterocycles. The topological polar surface area (TPSA) is 31.4 Å². The molecular formula is C133H122N4O2. The zero-order valence-corrected chi connectivity index (χ0v) is 82.5. The first-order valence-corrected chi connectivity index (χ1v) is 48.6. The predicted molar refractivity (Wildman–Crippen MR) is 599 cm³/mol. The summed E-state index contributed by atoms with van der Waals surface area (Å²) in [6.07, 6.45) is 19.3. The largest absolute Gasteiger partial charge is 0.496 e. The monoisotopic (exact) mass is 1810 g/mol. The summed E-state index contributed by atoms with van der Waals surface area (Å²) in [7, 11) is 1.71. The highest BCUT2D eigenvalue weighted by atomic mass is 16.5. The molecule has 0 atom stereocenters. The summed E-state index contributed by atoms with van der Waals surface area (Å²) in [6.45, 7) is 28.8. The number of hydrogen-bond acceptors (Lipinski definition) is 6. The van der Waals surface area contributed by atoms with Gasteiger partial charge in [-0.1, -0.05) is 347 Å². The van der Waals surface area contributed by atoms with E-state index in [9.17, 15) is 0 Å². The van der Waals surface area contributed by atoms with Crippen LogP contribution in [0, 0.1) is 69.2 Å². The minimum atomic E-state index is 0.637. The molecule has 0 heterocycles. The Kier molecular flexibility index (Phi) is 29.9. The molecule has 0 radical (unpaired) electrons. The van der Waals surface area contributed by atoms with Crippen LogP contribution in [0.3, 0.4) is 0 Å². The molecule has 0 saturated carbocycles. The van der Waals surface area contributed by atoms with Crippen molar-refractivity contribution in [1.29, 1.82) is 0 Å². The quantitative estimate of drug-likeness (QED) is 0.0434. The van der Waals surface area contributed by atoms with Crippen molar-refractivity contribution in [2.45, 2.75) is 103 Å². The Morgan fingerprint density at radius 3 is 0.842 bits per heavy atom. The number of benzene rings is 18. The van der Waals surface area contributed by atoms with Crippen molar-refractivity contribution < 1.29 is 9.47 Å². The van der Waals surface area contributed by atoms with Gasteiger partial charge >= 0.3 is 0 Å². The van der Waals surface area contributed by atoms with Gasteiger partial charge in [-0.3, -0.25) is 0 Å². The Morgan fingerprint density at radius 1 is 0.209 bits per heavy atom. The van der Waals surface area contributed by atoms with E-state index in [4.69, 9.17) is 9.47 Å². The summed E-state index contributed by atoms with van der Waals surface area (Å²) >= 11 is 0. The second-order valence-electron chi connectivity index (χ2n) is 36.2. The number of nitrogens with zero attached hydrogens (tertiary/aromatic N) is 4. The fraction of sp³-hybridized carbons (Fsp3) is 0.128. The number of ether oxygens (including phenoxy) is 2. The summed E-state index contributed by atoms with van der Waals surface area (Å²) in [5.41, 5.74) is 47.6. The molecule has 0 aromatic heterocycles. The van der Waals surface area contributed by atoms with Crippen molar-refractivity contribution >= 4 is 117 Å². The van der Waals surface area contributed by atoms with Gasteiger partial charge in [-0.15, -0.1) is 0 Å². The first-order valence-electron chi connectivity index (χ1n) is 48.6. The van der Waals surface area contributed by atoms with Crippen LogP contribution in [0.4, 0.5) is 68.2 Å². The molecule has 0 bridgehead atoms. The first kappa shape index (κ1) is 94.5. The summed E-state index contributed by atoms with van der Waals surface area (Å²) in [4.78, 5) is 9.54. The van der Waals surface area contributed by atoms with E-state index in [-0.39, 0.29) is 0 Å². The number of methoxy groups -OCH3 is 1. The van der Waals surface area contributed by atoms with E-state index in [1.807, 2.05) is 31.2 Å². The highest BCUT2D eigenvalue weighted by molar-refractivity contribution is 5.89. The van der Waals surface area contributed by atoms with Gasteiger partial charge in [0.2, 0.25) is 0 Å². The number of anilines is 12. The van der Waals surface area contributed by atoms with Crippen molar-refractivity contribution in [2.24, 2.45) is 0 Å². The molecule has 6 heteroatoms. The first-order chi connectivity index (χ1) is 67.8. The SMILES string of the molecule is CCOc1ccccc1/C=C/c1ccc(N(c2ccc(-c3ccc(-c4ccc(N(c5ccc(/C=C/c6ccccc6C)cc5)c5ccc(C)cc5C)cc4)cc3)cc2)c2ccc(C)cc2C)cc1.CCc1cccc(C)c1N(c1ccc(/C=C/c2ccc(C)c(C)c2)cc1)c1ccc(-c2ccc(-c3ccc(N(c4ccc(/C=C/c5ccc(OC)c(C)c5)cc4)c4c(C)cccc4CC)cc3)cc2)cc1. The van der Waals surface area contributed by atoms with Gasteiger partial charge in [-0.25, -0.2) is 0 Å². The van der Waals surface area contributed by atoms with Crippen LogP contribution < -0.4 is 29.1 Å². The third kappa shape index (κ3) is 22.5. The lowest BCUT2D eigenvalue weighted by atomic mass is 9.98. The van der Waals surface area contributed by atoms with Gasteiger partial charge in [0.15, 0.2) is 0 Å². The highest BCUT2D eigenvalue weighted by Gasteiger charge is 2.24. The molecule has 0 aliphatic rings. The van der Waals surface area contributed by atoms with E-state index in [1.165, 1.54) is 145 Å². The molecule has 6 nitrogen and oxygen atoms in total. The number of rotatable bonds is 29. The minimum Gasteiger partial charge on any atom is -0.496 e. The fourth-order valence-corrected chi connectivity index (χ4v) is 18.6. The van der Waals surface area contributed by atoms with Crippen LogP contribution in [0.1, 0.15) is 132 Å². The molecule has 0 unspecified atom stereocenters. The third-order valence-electron chi connectivity index (χ3n) is 26.5. The predicted octanol–water partition coefficient (Wildman–Crippen LogP) is 37.2. The Balaban J connectivity index is 0.000000192. The molecule has 686 valence electrons. The molecular weight excluding hydrogens is 1690 g/mol. The molecule has 0 aliphatic carbocycles. The van der Waals surface area contributed by atoms with Crippen molar-refractivity contribution in [1.82, 2.24) is 0 Å². The maximum absolute atomic E-state index is 5.85. The van der Waals surface area contributed by atoms with Crippen LogP contribution in [-0.4, -0.2) is 13.7 Å². The molecule has 0 amide bonds. The highest BCUT2D eigenvalue weighted by Crippen LogP contribution is 2.46. The Morgan fingerprint density at radius 2 is 0.504 bits per heavy atom. The van der Waals surface area contributed by atoms with Crippen LogP contribution in [-0.2, 0) is 12.8 Å². The normalized spacial score (nSPS) is 11.4. The van der Waals surface area contributed by atoms with Crippen LogP contribution in [0.15, 0.2) is 400 Å². The molecule has 139 heavy (non-hydrogen) atoms. The summed E-state index contributed by atoms with van der Waals surface area (Å²) in [5, 5.41) is 0. The zero-order chi connectivity index (χ0) is 96.4. The number of para-hydroxylation sites is 3. The van der Waals surface area contributed by atoms with E-state index < -0.39 is 0 Å². The van der Waals surface area contributed by atoms with E-state index >= 15 is 0 Å². The van der Waals surface area contributed by atoms with Crippen LogP contribution in [0.25, 0.3) is 93.1 Å². The van der Waals surface area contributed by atoms with Gasteiger partial charge in [0.05, 0.1) is 25.1 Å². The van der Waals surface area contributed by atoms with E-state index in [1.54, 1.807) is 7.11 Å². The lowest BCUT2D eigenvalue weighted by Crippen LogP contribution is -2.13. The third-order valence-corrected chi connectivity index (χ3v) is 26.5. The molecule has 0 saturated heterocycles. The average molecular weight is 1810 g/mol. The standard InChI is InChI=1S/C68H64N2O.C65H58N2O/c1-9-56-15-11-13-48(4)67(56)69(62-36-23-52(24-37-62)19-21-54-18-17-47(3)50(6)45-54)64-40-32-60(33-41-64)58-28-30-59(31-29-58)61-34-42-65(43-35-61)70(68-49(5)14-12-16-57(68)10-2)63-38-25-53(26-39-63)20-22-55-27-44-66(71-8)51(7)46-55;1-7-68-65-15-11-10-14-58(65)25-19-52-22-36-60(37-23-52)67(64-43-17-47(3)45-50(64)6)62-40-32-57(33-41-62)55-28-26-54(27-29-55)56-30-38-61(39-31-56)66(63-42-16-46(2)44-49(63)5)59-34-20-51(21-35-59)18-24-53-13-9-8-12-48(53)4/h11-46H,9-10H2,1-8H3;8-45H,7H2,1-6H3/b21-19+,22-20+;24-18+,25-19+. The van der Waals surface area contributed by atoms with Crippen molar-refractivity contribution in [3.05, 3.63) is 512 Å². The maximum atomic E-state index is 5.85. The number of hydrogen-bond donors (Lipinski definition) is 0. The van der Waals surface area contributed by atoms with Gasteiger partial charge in [0.25, 0.3) is 0 Å². The van der Waals surface area contributed by atoms with Crippen LogP contribution >= 0.6 is 0 Å². The molecule has 0 fully saturated rings. The van der Waals surface area contributed by atoms with E-state index in [2.05, 4.69) is 527 Å². The second kappa shape index (κ2) is 44.0. The Hall–Kier alpha value is -16.3. The van der Waals surface area contributed by atoms with E-state index in [0.29, 0.717) is 6.61 Å². The summed E-state index contributed by atoms with van der Waals surface area (Å²) in [6, 6.07) is 145.